The van der Waals surface area contributed by atoms with Crippen LogP contribution in [0.15, 0.2) is 6.07 Å². The normalized spacial score (nSPS) is 14.9. The smallest absolute Gasteiger partial charge is 0.181 e. The van der Waals surface area contributed by atoms with E-state index in [0.717, 1.165) is 30.6 Å². The van der Waals surface area contributed by atoms with Gasteiger partial charge in [0.15, 0.2) is 11.5 Å². The molecule has 0 fully saturated rings. The van der Waals surface area contributed by atoms with E-state index in [1.54, 1.807) is 7.11 Å². The predicted octanol–water partition coefficient (Wildman–Crippen LogP) is 1.37. The highest BCUT2D eigenvalue weighted by atomic mass is 16.5. The first-order valence-corrected chi connectivity index (χ1v) is 5.04. The van der Waals surface area contributed by atoms with E-state index in [-0.39, 0.29) is 5.75 Å². The van der Waals surface area contributed by atoms with Crippen LogP contribution in [-0.4, -0.2) is 25.8 Å². The molecule has 0 amide bonds. The van der Waals surface area contributed by atoms with Crippen LogP contribution in [0.3, 0.4) is 0 Å². The van der Waals surface area contributed by atoms with E-state index in [0.29, 0.717) is 11.4 Å². The molecule has 1 aliphatic heterocycles. The Hall–Kier alpha value is -1.58. The average molecular weight is 208 g/mol. The van der Waals surface area contributed by atoms with Gasteiger partial charge in [0.05, 0.1) is 12.8 Å². The van der Waals surface area contributed by atoms with Gasteiger partial charge in [-0.2, -0.15) is 0 Å². The zero-order valence-corrected chi connectivity index (χ0v) is 9.08. The van der Waals surface area contributed by atoms with Gasteiger partial charge in [-0.3, -0.25) is 0 Å². The minimum Gasteiger partial charge on any atom is -0.503 e. The zero-order valence-electron chi connectivity index (χ0n) is 9.08. The molecule has 0 saturated carbocycles. The summed E-state index contributed by atoms with van der Waals surface area (Å²) in [5.41, 5.74) is 8.22. The van der Waals surface area contributed by atoms with Gasteiger partial charge in [0.25, 0.3) is 0 Å². The minimum absolute atomic E-state index is 0.0616. The van der Waals surface area contributed by atoms with E-state index in [1.165, 1.54) is 0 Å². The molecule has 0 aliphatic carbocycles. The summed E-state index contributed by atoms with van der Waals surface area (Å²) in [4.78, 5) is 2.14. The number of hydrogen-bond acceptors (Lipinski definition) is 4. The van der Waals surface area contributed by atoms with Crippen molar-refractivity contribution < 1.29 is 9.84 Å². The number of nitrogen functional groups attached to an aromatic ring is 1. The number of nitrogens with two attached hydrogens (primary N) is 1. The molecule has 15 heavy (non-hydrogen) atoms. The number of ether oxygens (including phenoxy) is 1. The van der Waals surface area contributed by atoms with Gasteiger partial charge in [-0.15, -0.1) is 0 Å². The van der Waals surface area contributed by atoms with Crippen LogP contribution in [-0.2, 0) is 6.42 Å². The molecule has 0 unspecified atom stereocenters. The summed E-state index contributed by atoms with van der Waals surface area (Å²) >= 11 is 0. The Morgan fingerprint density at radius 1 is 1.53 bits per heavy atom. The molecule has 0 aromatic heterocycles. The summed E-state index contributed by atoms with van der Waals surface area (Å²) in [5, 5.41) is 9.77. The lowest BCUT2D eigenvalue weighted by molar-refractivity contribution is 0.369. The summed E-state index contributed by atoms with van der Waals surface area (Å²) in [5.74, 6) is 0.586. The second-order valence-electron chi connectivity index (χ2n) is 3.87. The van der Waals surface area contributed by atoms with Crippen LogP contribution in [0.4, 0.5) is 11.4 Å². The third-order valence-electron chi connectivity index (χ3n) is 2.90. The van der Waals surface area contributed by atoms with Gasteiger partial charge >= 0.3 is 0 Å². The number of methoxy groups -OCH3 is 1. The molecule has 0 spiro atoms. The number of phenolic OH excluding ortho intramolecular Hbond substituents is 1. The largest absolute Gasteiger partial charge is 0.503 e. The first-order valence-electron chi connectivity index (χ1n) is 5.04. The Bertz CT molecular complexity index is 391. The zero-order chi connectivity index (χ0) is 11.0. The summed E-state index contributed by atoms with van der Waals surface area (Å²) in [6, 6.07) is 1.81. The van der Waals surface area contributed by atoms with Gasteiger partial charge in [0.2, 0.25) is 0 Å². The van der Waals surface area contributed by atoms with Crippen molar-refractivity contribution in [3.63, 3.8) is 0 Å². The highest BCUT2D eigenvalue weighted by Crippen LogP contribution is 2.43. The Morgan fingerprint density at radius 3 is 2.93 bits per heavy atom. The van der Waals surface area contributed by atoms with Gasteiger partial charge in [0.1, 0.15) is 0 Å². The van der Waals surface area contributed by atoms with Crippen molar-refractivity contribution in [3.05, 3.63) is 11.6 Å². The molecule has 1 aromatic carbocycles. The third kappa shape index (κ3) is 1.46. The molecule has 1 aromatic rings. The number of rotatable bonds is 1. The van der Waals surface area contributed by atoms with Crippen LogP contribution < -0.4 is 15.4 Å². The Balaban J connectivity index is 2.63. The number of phenols is 1. The lowest BCUT2D eigenvalue weighted by Gasteiger charge is -2.29. The lowest BCUT2D eigenvalue weighted by Crippen LogP contribution is -2.25. The molecular weight excluding hydrogens is 192 g/mol. The number of anilines is 2. The molecule has 82 valence electrons. The van der Waals surface area contributed by atoms with Gasteiger partial charge in [-0.25, -0.2) is 0 Å². The quantitative estimate of drug-likeness (QED) is 0.540. The van der Waals surface area contributed by atoms with Gasteiger partial charge < -0.3 is 20.5 Å². The van der Waals surface area contributed by atoms with Crippen LogP contribution in [0.2, 0.25) is 0 Å². The minimum atomic E-state index is 0.0616. The van der Waals surface area contributed by atoms with Crippen molar-refractivity contribution in [1.82, 2.24) is 0 Å². The number of benzene rings is 1. The van der Waals surface area contributed by atoms with Gasteiger partial charge in [-0.05, 0) is 18.9 Å². The summed E-state index contributed by atoms with van der Waals surface area (Å²) in [6.45, 7) is 1.01. The molecule has 0 atom stereocenters. The monoisotopic (exact) mass is 208 g/mol. The molecule has 0 bridgehead atoms. The van der Waals surface area contributed by atoms with E-state index >= 15 is 0 Å². The topological polar surface area (TPSA) is 58.7 Å². The number of fused-ring (bicyclic) bond motifs is 1. The molecule has 1 heterocycles. The van der Waals surface area contributed by atoms with E-state index in [1.807, 2.05) is 13.1 Å². The third-order valence-corrected chi connectivity index (χ3v) is 2.90. The molecule has 0 radical (unpaired) electrons. The fraction of sp³-hybridized carbons (Fsp3) is 0.455. The second kappa shape index (κ2) is 3.53. The first-order chi connectivity index (χ1) is 7.15. The van der Waals surface area contributed by atoms with Crippen LogP contribution in [0, 0.1) is 0 Å². The first kappa shape index (κ1) is 9.96. The fourth-order valence-corrected chi connectivity index (χ4v) is 2.11. The summed E-state index contributed by atoms with van der Waals surface area (Å²) in [7, 11) is 3.58. The predicted molar refractivity (Wildman–Crippen MR) is 60.7 cm³/mol. The maximum absolute atomic E-state index is 9.77. The fourth-order valence-electron chi connectivity index (χ4n) is 2.11. The van der Waals surface area contributed by atoms with Crippen molar-refractivity contribution >= 4 is 11.4 Å². The van der Waals surface area contributed by atoms with Crippen molar-refractivity contribution in [2.75, 3.05) is 31.3 Å². The van der Waals surface area contributed by atoms with E-state index in [9.17, 15) is 5.11 Å². The maximum Gasteiger partial charge on any atom is 0.181 e. The highest BCUT2D eigenvalue weighted by molar-refractivity contribution is 5.74. The second-order valence-corrected chi connectivity index (χ2v) is 3.87. The van der Waals surface area contributed by atoms with E-state index < -0.39 is 0 Å². The number of aromatic hydroxyl groups is 1. The van der Waals surface area contributed by atoms with Crippen LogP contribution in [0.1, 0.15) is 12.0 Å². The summed E-state index contributed by atoms with van der Waals surface area (Å²) < 4.78 is 5.22. The molecule has 2 rings (SSSR count). The van der Waals surface area contributed by atoms with Crippen LogP contribution >= 0.6 is 0 Å². The molecule has 3 N–H and O–H groups in total. The van der Waals surface area contributed by atoms with Gasteiger partial charge in [0, 0.05) is 24.8 Å². The number of hydrogen-bond donors (Lipinski definition) is 2. The van der Waals surface area contributed by atoms with Gasteiger partial charge in [-0.1, -0.05) is 0 Å². The highest BCUT2D eigenvalue weighted by Gasteiger charge is 2.22. The van der Waals surface area contributed by atoms with E-state index in [2.05, 4.69) is 4.90 Å². The SMILES string of the molecule is COc1c(O)c(N)cc2c1CCCN2C. The molecule has 1 aliphatic rings. The Kier molecular flexibility index (Phi) is 2.34. The van der Waals surface area contributed by atoms with E-state index in [4.69, 9.17) is 10.5 Å². The van der Waals surface area contributed by atoms with Crippen molar-refractivity contribution in [1.29, 1.82) is 0 Å². The average Bonchev–Trinajstić information content (AvgIpc) is 2.22. The van der Waals surface area contributed by atoms with Crippen molar-refractivity contribution in [3.8, 4) is 11.5 Å². The standard InChI is InChI=1S/C11H16N2O2/c1-13-5-3-4-7-9(13)6-8(12)10(14)11(7)15-2/h6,14H,3-5,12H2,1-2H3. The van der Waals surface area contributed by atoms with Crippen LogP contribution in [0.25, 0.3) is 0 Å². The number of nitrogens with zero attached hydrogens (tertiary/aromatic N) is 1. The molecule has 4 heteroatoms. The molecule has 0 saturated heterocycles. The summed E-state index contributed by atoms with van der Waals surface area (Å²) in [6.07, 6.45) is 2.00. The Labute approximate surface area is 89.3 Å². The van der Waals surface area contributed by atoms with Crippen molar-refractivity contribution in [2.24, 2.45) is 0 Å². The molecule has 4 nitrogen and oxygen atoms in total. The molecular formula is C11H16N2O2. The van der Waals surface area contributed by atoms with Crippen LogP contribution in [0.5, 0.6) is 11.5 Å². The lowest BCUT2D eigenvalue weighted by atomic mass is 9.99. The maximum atomic E-state index is 9.77. The van der Waals surface area contributed by atoms with Crippen molar-refractivity contribution in [2.45, 2.75) is 12.8 Å². The Morgan fingerprint density at radius 2 is 2.27 bits per heavy atom.